The lowest BCUT2D eigenvalue weighted by molar-refractivity contribution is 0.464. The molecule has 1 aromatic rings. The predicted octanol–water partition coefficient (Wildman–Crippen LogP) is 1.58. The van der Waals surface area contributed by atoms with E-state index < -0.39 is 10.0 Å². The lowest BCUT2D eigenvalue weighted by Gasteiger charge is -2.17. The molecule has 2 rings (SSSR count). The Bertz CT molecular complexity index is 526. The highest BCUT2D eigenvalue weighted by molar-refractivity contribution is 7.89. The molecule has 1 aliphatic rings. The fourth-order valence-corrected chi connectivity index (χ4v) is 3.60. The van der Waals surface area contributed by atoms with Gasteiger partial charge < -0.3 is 5.73 Å². The van der Waals surface area contributed by atoms with Crippen LogP contribution in [0.15, 0.2) is 23.1 Å². The van der Waals surface area contributed by atoms with Crippen molar-refractivity contribution in [3.8, 4) is 0 Å². The van der Waals surface area contributed by atoms with Crippen molar-refractivity contribution in [3.63, 3.8) is 0 Å². The molecule has 1 aromatic carbocycles. The Kier molecular flexibility index (Phi) is 3.45. The molecule has 4 nitrogen and oxygen atoms in total. The molecule has 17 heavy (non-hydrogen) atoms. The molecule has 1 aliphatic carbocycles. The highest BCUT2D eigenvalue weighted by Crippen LogP contribution is 2.33. The van der Waals surface area contributed by atoms with E-state index in [9.17, 15) is 8.42 Å². The normalized spacial score (nSPS) is 16.5. The van der Waals surface area contributed by atoms with E-state index in [-0.39, 0.29) is 16.0 Å². The second-order valence-corrected chi connectivity index (χ2v) is 6.59. The van der Waals surface area contributed by atoms with Crippen molar-refractivity contribution in [2.24, 2.45) is 5.73 Å². The summed E-state index contributed by atoms with van der Waals surface area (Å²) >= 11 is 5.96. The first-order valence-electron chi connectivity index (χ1n) is 5.43. The first-order chi connectivity index (χ1) is 7.96. The van der Waals surface area contributed by atoms with Crippen LogP contribution in [0.5, 0.6) is 0 Å². The highest BCUT2D eigenvalue weighted by Gasteiger charge is 2.35. The van der Waals surface area contributed by atoms with Gasteiger partial charge in [-0.1, -0.05) is 17.7 Å². The zero-order valence-corrected chi connectivity index (χ0v) is 11.1. The molecular formula is C11H15ClN2O2S. The second kappa shape index (κ2) is 4.57. The zero-order chi connectivity index (χ0) is 12.6. The third-order valence-electron chi connectivity index (χ3n) is 2.95. The van der Waals surface area contributed by atoms with E-state index in [4.69, 9.17) is 17.3 Å². The molecule has 0 amide bonds. The molecule has 0 aliphatic heterocycles. The Hall–Kier alpha value is -0.620. The van der Waals surface area contributed by atoms with E-state index >= 15 is 0 Å². The third kappa shape index (κ3) is 2.47. The van der Waals surface area contributed by atoms with E-state index in [1.165, 1.54) is 4.31 Å². The van der Waals surface area contributed by atoms with Gasteiger partial charge in [0.25, 0.3) is 0 Å². The first kappa shape index (κ1) is 12.8. The summed E-state index contributed by atoms with van der Waals surface area (Å²) in [6, 6.07) is 4.99. The Morgan fingerprint density at radius 2 is 2.12 bits per heavy atom. The number of hydrogen-bond acceptors (Lipinski definition) is 3. The van der Waals surface area contributed by atoms with Gasteiger partial charge in [0.2, 0.25) is 10.0 Å². The Balaban J connectivity index is 2.44. The monoisotopic (exact) mass is 274 g/mol. The fraction of sp³-hybridized carbons (Fsp3) is 0.455. The SMILES string of the molecule is CN(C1CC1)S(=O)(=O)c1cc(CN)ccc1Cl. The minimum absolute atomic E-state index is 0.123. The lowest BCUT2D eigenvalue weighted by atomic mass is 10.2. The average molecular weight is 275 g/mol. The number of benzene rings is 1. The molecule has 0 aromatic heterocycles. The molecule has 0 spiro atoms. The smallest absolute Gasteiger partial charge is 0.244 e. The van der Waals surface area contributed by atoms with Gasteiger partial charge in [0.1, 0.15) is 4.90 Å². The molecule has 0 bridgehead atoms. The van der Waals surface area contributed by atoms with Gasteiger partial charge in [-0.25, -0.2) is 8.42 Å². The predicted molar refractivity (Wildman–Crippen MR) is 67.3 cm³/mol. The van der Waals surface area contributed by atoms with E-state index in [1.54, 1.807) is 25.2 Å². The molecule has 0 radical (unpaired) electrons. The maximum atomic E-state index is 12.3. The summed E-state index contributed by atoms with van der Waals surface area (Å²) in [6.07, 6.45) is 1.84. The van der Waals surface area contributed by atoms with E-state index in [1.807, 2.05) is 0 Å². The summed E-state index contributed by atoms with van der Waals surface area (Å²) in [5.41, 5.74) is 6.27. The van der Waals surface area contributed by atoms with Crippen LogP contribution in [0.3, 0.4) is 0 Å². The highest BCUT2D eigenvalue weighted by atomic mass is 35.5. The summed E-state index contributed by atoms with van der Waals surface area (Å²) in [7, 11) is -1.90. The van der Waals surface area contributed by atoms with Crippen molar-refractivity contribution < 1.29 is 8.42 Å². The van der Waals surface area contributed by atoms with Crippen LogP contribution in [0.2, 0.25) is 5.02 Å². The van der Waals surface area contributed by atoms with Gasteiger partial charge in [-0.2, -0.15) is 4.31 Å². The molecule has 94 valence electrons. The molecule has 1 fully saturated rings. The van der Waals surface area contributed by atoms with Crippen LogP contribution in [0.1, 0.15) is 18.4 Å². The number of hydrogen-bond donors (Lipinski definition) is 1. The standard InChI is InChI=1S/C11H15ClN2O2S/c1-14(9-3-4-9)17(15,16)11-6-8(7-13)2-5-10(11)12/h2,5-6,9H,3-4,7,13H2,1H3. The van der Waals surface area contributed by atoms with Gasteiger partial charge in [-0.15, -0.1) is 0 Å². The number of halogens is 1. The van der Waals surface area contributed by atoms with Crippen molar-refractivity contribution in [1.82, 2.24) is 4.31 Å². The van der Waals surface area contributed by atoms with Crippen molar-refractivity contribution >= 4 is 21.6 Å². The first-order valence-corrected chi connectivity index (χ1v) is 7.25. The Morgan fingerprint density at radius 1 is 1.47 bits per heavy atom. The van der Waals surface area contributed by atoms with Crippen LogP contribution >= 0.6 is 11.6 Å². The van der Waals surface area contributed by atoms with E-state index in [0.717, 1.165) is 18.4 Å². The summed E-state index contributed by atoms with van der Waals surface area (Å²) in [4.78, 5) is 0.150. The van der Waals surface area contributed by atoms with Crippen LogP contribution in [0, 0.1) is 0 Å². The zero-order valence-electron chi connectivity index (χ0n) is 9.56. The summed E-state index contributed by atoms with van der Waals surface area (Å²) < 4.78 is 26.0. The van der Waals surface area contributed by atoms with Gasteiger partial charge in [0.15, 0.2) is 0 Å². The van der Waals surface area contributed by atoms with Crippen LogP contribution in [-0.2, 0) is 16.6 Å². The molecule has 1 saturated carbocycles. The maximum absolute atomic E-state index is 12.3. The van der Waals surface area contributed by atoms with Gasteiger partial charge in [-0.05, 0) is 30.5 Å². The van der Waals surface area contributed by atoms with Crippen LogP contribution < -0.4 is 5.73 Å². The molecule has 2 N–H and O–H groups in total. The molecular weight excluding hydrogens is 260 g/mol. The summed E-state index contributed by atoms with van der Waals surface area (Å²) in [6.45, 7) is 0.298. The fourth-order valence-electron chi connectivity index (χ4n) is 1.66. The molecule has 6 heteroatoms. The Labute approximate surface area is 106 Å². The molecule has 0 atom stereocenters. The lowest BCUT2D eigenvalue weighted by Crippen LogP contribution is -2.29. The van der Waals surface area contributed by atoms with Crippen molar-refractivity contribution in [2.75, 3.05) is 7.05 Å². The van der Waals surface area contributed by atoms with Crippen LogP contribution in [0.25, 0.3) is 0 Å². The van der Waals surface area contributed by atoms with Gasteiger partial charge in [0, 0.05) is 19.6 Å². The van der Waals surface area contributed by atoms with Crippen LogP contribution in [0.4, 0.5) is 0 Å². The number of sulfonamides is 1. The van der Waals surface area contributed by atoms with Gasteiger partial charge >= 0.3 is 0 Å². The van der Waals surface area contributed by atoms with E-state index in [2.05, 4.69) is 0 Å². The largest absolute Gasteiger partial charge is 0.326 e. The van der Waals surface area contributed by atoms with Crippen molar-refractivity contribution in [3.05, 3.63) is 28.8 Å². The summed E-state index contributed by atoms with van der Waals surface area (Å²) in [5, 5.41) is 0.245. The third-order valence-corrected chi connectivity index (χ3v) is 5.34. The minimum atomic E-state index is -3.49. The minimum Gasteiger partial charge on any atom is -0.326 e. The number of nitrogens with two attached hydrogens (primary N) is 1. The second-order valence-electron chi connectivity index (χ2n) is 4.22. The number of rotatable bonds is 4. The van der Waals surface area contributed by atoms with Gasteiger partial charge in [-0.3, -0.25) is 0 Å². The molecule has 0 saturated heterocycles. The van der Waals surface area contributed by atoms with Gasteiger partial charge in [0.05, 0.1) is 5.02 Å². The molecule has 0 heterocycles. The number of nitrogens with zero attached hydrogens (tertiary/aromatic N) is 1. The topological polar surface area (TPSA) is 63.4 Å². The summed E-state index contributed by atoms with van der Waals surface area (Å²) in [5.74, 6) is 0. The average Bonchev–Trinajstić information content (AvgIpc) is 3.12. The van der Waals surface area contributed by atoms with Crippen molar-refractivity contribution in [1.29, 1.82) is 0 Å². The Morgan fingerprint density at radius 3 is 2.65 bits per heavy atom. The molecule has 0 unspecified atom stereocenters. The quantitative estimate of drug-likeness (QED) is 0.907. The van der Waals surface area contributed by atoms with Crippen LogP contribution in [-0.4, -0.2) is 25.8 Å². The maximum Gasteiger partial charge on any atom is 0.244 e. The van der Waals surface area contributed by atoms with Crippen molar-refractivity contribution in [2.45, 2.75) is 30.3 Å². The van der Waals surface area contributed by atoms with E-state index in [0.29, 0.717) is 6.54 Å².